The van der Waals surface area contributed by atoms with Gasteiger partial charge in [-0.1, -0.05) is 298 Å². The summed E-state index contributed by atoms with van der Waals surface area (Å²) in [6.45, 7) is 55.6. The van der Waals surface area contributed by atoms with Crippen LogP contribution in [0.15, 0.2) is 237 Å². The summed E-state index contributed by atoms with van der Waals surface area (Å²) in [5, 5.41) is 44.1. The summed E-state index contributed by atoms with van der Waals surface area (Å²) >= 11 is 0. The van der Waals surface area contributed by atoms with E-state index in [1.165, 1.54) is 219 Å². The molecule has 3 aromatic rings. The minimum atomic E-state index is -0.919. The smallest absolute Gasteiger partial charge is 0.328 e. The Labute approximate surface area is 760 Å². The number of hydrogen-bond donors (Lipinski definition) is 5. The minimum Gasteiger partial charge on any atom is -0.478 e. The maximum absolute atomic E-state index is 10.9. The van der Waals surface area contributed by atoms with Crippen LogP contribution in [-0.4, -0.2) is 55.4 Å². The van der Waals surface area contributed by atoms with Crippen molar-refractivity contribution in [2.45, 2.75) is 341 Å². The molecule has 2 atom stereocenters. The normalized spacial score (nSPS) is 22.4. The third-order valence-corrected chi connectivity index (χ3v) is 28.4. The Hall–Kier alpha value is -9.41. The van der Waals surface area contributed by atoms with Crippen LogP contribution in [0.5, 0.6) is 0 Å². The Balaban J connectivity index is 0.000000216. The van der Waals surface area contributed by atoms with Crippen LogP contribution in [0, 0.1) is 46.3 Å². The Morgan fingerprint density at radius 1 is 0.381 bits per heavy atom. The summed E-state index contributed by atoms with van der Waals surface area (Å²) < 4.78 is 0. The van der Waals surface area contributed by atoms with Crippen molar-refractivity contribution in [2.24, 2.45) is 39.4 Å². The number of hydrogen-bond acceptors (Lipinski definition) is 5. The van der Waals surface area contributed by atoms with Gasteiger partial charge in [0.25, 0.3) is 0 Å². The predicted octanol–water partition coefficient (Wildman–Crippen LogP) is 31.2. The third-order valence-electron chi connectivity index (χ3n) is 28.4. The number of carbonyl (C=O) groups is 5. The fourth-order valence-electron chi connectivity index (χ4n) is 19.9. The molecule has 1 unspecified atom stereocenters. The van der Waals surface area contributed by atoms with Gasteiger partial charge in [0, 0.05) is 35.8 Å². The Morgan fingerprint density at radius 2 is 0.786 bits per heavy atom. The van der Waals surface area contributed by atoms with Crippen LogP contribution in [0.25, 0.3) is 17.7 Å². The van der Waals surface area contributed by atoms with E-state index in [0.29, 0.717) is 34.0 Å². The fraction of sp³-hybridized carbons (Fsp3) is 0.509. The van der Waals surface area contributed by atoms with Crippen LogP contribution in [-0.2, 0) is 51.0 Å². The first-order valence-electron chi connectivity index (χ1n) is 47.0. The second kappa shape index (κ2) is 44.5. The van der Waals surface area contributed by atoms with E-state index in [1.54, 1.807) is 25.0 Å². The zero-order valence-corrected chi connectivity index (χ0v) is 82.0. The second-order valence-electron chi connectivity index (χ2n) is 43.0. The zero-order valence-electron chi connectivity index (χ0n) is 82.0. The van der Waals surface area contributed by atoms with E-state index in [2.05, 4.69) is 242 Å². The standard InChI is InChI=1S/C25H34O2.C24H32O2.C23H34O2.C23H28O2.C21H30O2/c1-17(2)20(10-8-9-18(3)15-23(26)27)19-11-12-21-22(16-19)25(6,7)14-13-24(21,4)5;1-16(13-21(25)26)7-8-24(11-12-24)18-15-20-19(14-17(18)2)22(3,4)9-10-23(20,5)6;2*1-17(16-22(24)25)11-12-19-9-5-6-10-20(19)13-14-21-18(2)8-7-15-23(21,3)4;1-16(15-19(22)23)7-5-11-21(13-14-21)12-9-18-17(2)8-6-10-20(18,3)4/h8-12,15-17H,13-14H2,1-7H3,(H,26,27);7-8,13-15H,9-12H2,1-6H3,(H,25,26);11-14,16,19-20H,5-10,15H2,1-4H3,(H,24,25);5-6,9-14,16H,7-8,15H2,1-4H3,(H,24,25);5,7,9,12,15H,6,8,10-11,13-14H2,1-4H3,(H,22,23)/b9-8+,18-15+,20-10-;8-7+,16-13+;2*12-11+,14-13+,17-16+;7-5+,12-9+,16-15+/t;;19-,20?;;/m..1../s1. The van der Waals surface area contributed by atoms with Gasteiger partial charge in [-0.05, 0) is 352 Å². The highest BCUT2D eigenvalue weighted by molar-refractivity contribution is 5.83. The first kappa shape index (κ1) is 104. The summed E-state index contributed by atoms with van der Waals surface area (Å²) in [7, 11) is 0. The lowest BCUT2D eigenvalue weighted by Crippen LogP contribution is -2.34. The number of fused-ring (bicyclic) bond motifs is 2. The molecule has 11 rings (SSSR count). The Kier molecular flexibility index (Phi) is 36.6. The average molecular weight is 1710 g/mol. The highest BCUT2D eigenvalue weighted by atomic mass is 16.4. The zero-order chi connectivity index (χ0) is 93.7. The van der Waals surface area contributed by atoms with Gasteiger partial charge in [-0.3, -0.25) is 0 Å². The molecule has 126 heavy (non-hydrogen) atoms. The minimum absolute atomic E-state index is 0.0877. The largest absolute Gasteiger partial charge is 0.478 e. The summed E-state index contributed by atoms with van der Waals surface area (Å²) in [5.41, 5.74) is 28.6. The van der Waals surface area contributed by atoms with Gasteiger partial charge in [0.05, 0.1) is 0 Å². The summed E-state index contributed by atoms with van der Waals surface area (Å²) in [4.78, 5) is 53.7. The molecular weight excluding hydrogens is 1550 g/mol. The fourth-order valence-corrected chi connectivity index (χ4v) is 19.9. The maximum Gasteiger partial charge on any atom is 0.328 e. The molecule has 8 aliphatic carbocycles. The molecule has 0 aliphatic heterocycles. The molecule has 8 aliphatic rings. The molecule has 0 amide bonds. The number of allylic oxidation sites excluding steroid dienone is 27. The monoisotopic (exact) mass is 1710 g/mol. The van der Waals surface area contributed by atoms with Crippen LogP contribution in [0.4, 0.5) is 0 Å². The highest BCUT2D eigenvalue weighted by Gasteiger charge is 2.46. The van der Waals surface area contributed by atoms with E-state index in [-0.39, 0.29) is 32.5 Å². The SMILES string of the molecule is CC(/C=C/C1(c2cc3c(cc2C)C(C)(C)CCC3(C)C)CC1)=C\C(=O)O.CC(/C=C/C=C(\c1ccc2c(c1)C(C)(C)CCC2(C)C)C(C)C)=C\C(=O)O.CC1=C(/C=C/C2(C/C=C/C(C)=C/C(=O)O)CC2)C(C)(C)CCC1.CC1=C(/C=C/C2CCCC[C@@H]2/C=C/C(C)=C/C(=O)O)C(C)(C)CCC1.CC1=C(/C=C/c2ccccc2/C=C/C(C)=C/C(=O)O)C(C)(C)CCC1. The van der Waals surface area contributed by atoms with E-state index >= 15 is 0 Å². The number of benzene rings is 3. The molecule has 5 N–H and O–H groups in total. The molecule has 3 aromatic carbocycles. The molecule has 0 bridgehead atoms. The van der Waals surface area contributed by atoms with Crippen LogP contribution in [0.2, 0.25) is 0 Å². The van der Waals surface area contributed by atoms with Gasteiger partial charge in [-0.25, -0.2) is 24.0 Å². The molecule has 0 radical (unpaired) electrons. The second-order valence-corrected chi connectivity index (χ2v) is 43.0. The highest BCUT2D eigenvalue weighted by Crippen LogP contribution is 2.56. The van der Waals surface area contributed by atoms with E-state index in [0.717, 1.165) is 58.3 Å². The van der Waals surface area contributed by atoms with Crippen molar-refractivity contribution in [1.29, 1.82) is 0 Å². The van der Waals surface area contributed by atoms with Gasteiger partial charge >= 0.3 is 29.8 Å². The van der Waals surface area contributed by atoms with Crippen molar-refractivity contribution in [3.8, 4) is 0 Å². The van der Waals surface area contributed by atoms with Gasteiger partial charge in [-0.15, -0.1) is 0 Å². The molecule has 10 nitrogen and oxygen atoms in total. The summed E-state index contributed by atoms with van der Waals surface area (Å²) in [6.07, 6.45) is 69.5. The topological polar surface area (TPSA) is 186 Å². The summed E-state index contributed by atoms with van der Waals surface area (Å²) in [6, 6.07) is 20.0. The Morgan fingerprint density at radius 3 is 1.24 bits per heavy atom. The van der Waals surface area contributed by atoms with Crippen molar-refractivity contribution >= 4 is 47.6 Å². The van der Waals surface area contributed by atoms with Crippen LogP contribution in [0.1, 0.15) is 357 Å². The van der Waals surface area contributed by atoms with Crippen LogP contribution >= 0.6 is 0 Å². The molecule has 0 heterocycles. The van der Waals surface area contributed by atoms with E-state index in [9.17, 15) is 24.0 Å². The lowest BCUT2D eigenvalue weighted by molar-refractivity contribution is -0.132. The van der Waals surface area contributed by atoms with E-state index in [4.69, 9.17) is 25.5 Å². The predicted molar refractivity (Wildman–Crippen MR) is 531 cm³/mol. The Bertz CT molecular complexity index is 4980. The van der Waals surface area contributed by atoms with Gasteiger partial charge in [0.1, 0.15) is 0 Å². The van der Waals surface area contributed by atoms with Crippen LogP contribution < -0.4 is 0 Å². The quantitative estimate of drug-likeness (QED) is 0.0404. The number of aryl methyl sites for hydroxylation is 1. The third kappa shape index (κ3) is 30.7. The lowest BCUT2D eigenvalue weighted by Gasteiger charge is -2.42. The van der Waals surface area contributed by atoms with Crippen molar-refractivity contribution < 1.29 is 49.5 Å². The summed E-state index contributed by atoms with van der Waals surface area (Å²) in [5.74, 6) is -2.99. The number of aliphatic carboxylic acids is 5. The van der Waals surface area contributed by atoms with Crippen molar-refractivity contribution in [2.75, 3.05) is 0 Å². The maximum atomic E-state index is 10.9. The molecule has 0 spiro atoms. The molecule has 0 saturated heterocycles. The van der Waals surface area contributed by atoms with Crippen molar-refractivity contribution in [3.63, 3.8) is 0 Å². The lowest BCUT2D eigenvalue weighted by atomic mass is 9.62. The van der Waals surface area contributed by atoms with Gasteiger partial charge in [0.2, 0.25) is 0 Å². The van der Waals surface area contributed by atoms with Crippen LogP contribution in [0.3, 0.4) is 0 Å². The molecule has 3 fully saturated rings. The van der Waals surface area contributed by atoms with Crippen molar-refractivity contribution in [1.82, 2.24) is 0 Å². The molecule has 682 valence electrons. The first-order valence-corrected chi connectivity index (χ1v) is 47.0. The van der Waals surface area contributed by atoms with Crippen molar-refractivity contribution in [3.05, 3.63) is 287 Å². The van der Waals surface area contributed by atoms with Gasteiger partial charge < -0.3 is 25.5 Å². The molecular formula is C116H158O10. The number of carboxylic acids is 5. The molecule has 0 aromatic heterocycles. The molecule has 10 heteroatoms. The average Bonchev–Trinajstić information content (AvgIpc) is 1.56. The number of rotatable bonds is 25. The van der Waals surface area contributed by atoms with E-state index in [1.807, 2.05) is 75.4 Å². The van der Waals surface area contributed by atoms with E-state index < -0.39 is 29.8 Å². The van der Waals surface area contributed by atoms with Gasteiger partial charge in [-0.2, -0.15) is 0 Å². The molecule has 3 saturated carbocycles. The first-order chi connectivity index (χ1) is 58.7. The number of carboxylic acid groups (broad SMARTS) is 5. The van der Waals surface area contributed by atoms with Gasteiger partial charge in [0.15, 0.2) is 0 Å².